The summed E-state index contributed by atoms with van der Waals surface area (Å²) in [5.74, 6) is 0.871. The van der Waals surface area contributed by atoms with Gasteiger partial charge in [0.1, 0.15) is 5.75 Å². The zero-order valence-corrected chi connectivity index (χ0v) is 12.4. The Balaban J connectivity index is 2.19. The van der Waals surface area contributed by atoms with E-state index in [1.807, 2.05) is 4.90 Å². The number of hydrogen-bond acceptors (Lipinski definition) is 3. The highest BCUT2D eigenvalue weighted by molar-refractivity contribution is 7.85. The molecule has 5 heteroatoms. The molecular weight excluding hydrogens is 248 g/mol. The maximum atomic E-state index is 11.8. The van der Waals surface area contributed by atoms with E-state index in [0.717, 1.165) is 38.8 Å². The van der Waals surface area contributed by atoms with Crippen LogP contribution in [0.25, 0.3) is 0 Å². The van der Waals surface area contributed by atoms with Crippen LogP contribution in [0.2, 0.25) is 0 Å². The molecule has 0 bridgehead atoms. The zero-order chi connectivity index (χ0) is 13.6. The third kappa shape index (κ3) is 5.48. The molecule has 0 aromatic rings. The van der Waals surface area contributed by atoms with Crippen molar-refractivity contribution in [2.24, 2.45) is 11.1 Å². The number of rotatable bonds is 7. The Labute approximate surface area is 113 Å². The Hall–Kier alpha value is -0.420. The topological polar surface area (TPSA) is 63.4 Å². The van der Waals surface area contributed by atoms with Gasteiger partial charge in [-0.2, -0.15) is 0 Å². The molecule has 0 aliphatic carbocycles. The molecule has 1 fully saturated rings. The molecule has 1 amide bonds. The van der Waals surface area contributed by atoms with Crippen LogP contribution < -0.4 is 5.73 Å². The predicted octanol–water partition coefficient (Wildman–Crippen LogP) is 1.12. The van der Waals surface area contributed by atoms with E-state index < -0.39 is 10.8 Å². The van der Waals surface area contributed by atoms with Gasteiger partial charge in [0, 0.05) is 29.6 Å². The van der Waals surface area contributed by atoms with Gasteiger partial charge in [0.15, 0.2) is 0 Å². The minimum atomic E-state index is -1.01. The first-order chi connectivity index (χ1) is 8.44. The van der Waals surface area contributed by atoms with Gasteiger partial charge in [0.25, 0.3) is 0 Å². The lowest BCUT2D eigenvalue weighted by atomic mass is 9.88. The van der Waals surface area contributed by atoms with Gasteiger partial charge in [-0.3, -0.25) is 9.00 Å². The summed E-state index contributed by atoms with van der Waals surface area (Å²) in [5, 5.41) is 0. The first-order valence-electron chi connectivity index (χ1n) is 6.77. The SMILES string of the molecule is CC(C)(CN)CCCS(=O)CC(=O)N1CCCC1. The minimum Gasteiger partial charge on any atom is -0.342 e. The number of nitrogens with two attached hydrogens (primary N) is 1. The number of hydrogen-bond donors (Lipinski definition) is 1. The van der Waals surface area contributed by atoms with Crippen LogP contribution in [0.3, 0.4) is 0 Å². The lowest BCUT2D eigenvalue weighted by molar-refractivity contribution is -0.127. The molecule has 1 heterocycles. The van der Waals surface area contributed by atoms with Gasteiger partial charge in [-0.05, 0) is 37.6 Å². The Morgan fingerprint density at radius 1 is 1.33 bits per heavy atom. The second-order valence-electron chi connectivity index (χ2n) is 5.85. The van der Waals surface area contributed by atoms with Gasteiger partial charge in [0.2, 0.25) is 5.91 Å². The van der Waals surface area contributed by atoms with Crippen molar-refractivity contribution in [1.29, 1.82) is 0 Å². The lowest BCUT2D eigenvalue weighted by Gasteiger charge is -2.21. The van der Waals surface area contributed by atoms with Crippen LogP contribution >= 0.6 is 0 Å². The standard InChI is InChI=1S/C13H26N2O2S/c1-13(2,11-14)6-5-9-18(17)10-12(16)15-7-3-4-8-15/h3-11,14H2,1-2H3. The van der Waals surface area contributed by atoms with Crippen molar-refractivity contribution >= 4 is 16.7 Å². The van der Waals surface area contributed by atoms with Crippen LogP contribution in [0, 0.1) is 5.41 Å². The van der Waals surface area contributed by atoms with Crippen LogP contribution in [-0.2, 0) is 15.6 Å². The van der Waals surface area contributed by atoms with Crippen molar-refractivity contribution in [2.75, 3.05) is 31.1 Å². The molecule has 0 spiro atoms. The van der Waals surface area contributed by atoms with E-state index in [4.69, 9.17) is 5.73 Å². The van der Waals surface area contributed by atoms with E-state index >= 15 is 0 Å². The number of amides is 1. The average molecular weight is 274 g/mol. The number of nitrogens with zero attached hydrogens (tertiary/aromatic N) is 1. The largest absolute Gasteiger partial charge is 0.342 e. The maximum Gasteiger partial charge on any atom is 0.235 e. The minimum absolute atomic E-state index is 0.0592. The quantitative estimate of drug-likeness (QED) is 0.757. The molecule has 0 radical (unpaired) electrons. The summed E-state index contributed by atoms with van der Waals surface area (Å²) in [6.45, 7) is 6.56. The summed E-state index contributed by atoms with van der Waals surface area (Å²) >= 11 is 0. The second-order valence-corrected chi connectivity index (χ2v) is 7.42. The van der Waals surface area contributed by atoms with Crippen molar-refractivity contribution in [1.82, 2.24) is 4.90 Å². The van der Waals surface area contributed by atoms with E-state index in [0.29, 0.717) is 12.3 Å². The zero-order valence-electron chi connectivity index (χ0n) is 11.6. The third-order valence-electron chi connectivity index (χ3n) is 3.52. The normalized spacial score (nSPS) is 18.1. The molecule has 0 aromatic heterocycles. The Morgan fingerprint density at radius 2 is 1.94 bits per heavy atom. The Kier molecular flexibility index (Phi) is 6.29. The Bertz CT molecular complexity index is 299. The van der Waals surface area contributed by atoms with E-state index in [-0.39, 0.29) is 17.1 Å². The van der Waals surface area contributed by atoms with E-state index in [1.54, 1.807) is 0 Å². The van der Waals surface area contributed by atoms with Crippen molar-refractivity contribution < 1.29 is 9.00 Å². The summed E-state index contributed by atoms with van der Waals surface area (Å²) in [7, 11) is -1.01. The smallest absolute Gasteiger partial charge is 0.235 e. The van der Waals surface area contributed by atoms with Crippen LogP contribution in [0.4, 0.5) is 0 Å². The molecule has 106 valence electrons. The molecule has 1 rings (SSSR count). The molecule has 2 N–H and O–H groups in total. The van der Waals surface area contributed by atoms with Gasteiger partial charge < -0.3 is 10.6 Å². The van der Waals surface area contributed by atoms with Crippen molar-refractivity contribution in [3.8, 4) is 0 Å². The van der Waals surface area contributed by atoms with Crippen LogP contribution in [0.5, 0.6) is 0 Å². The molecule has 0 aromatic carbocycles. The summed E-state index contributed by atoms with van der Waals surface area (Å²) in [6.07, 6.45) is 4.02. The second kappa shape index (κ2) is 7.24. The summed E-state index contributed by atoms with van der Waals surface area (Å²) < 4.78 is 11.8. The van der Waals surface area contributed by atoms with E-state index in [1.165, 1.54) is 0 Å². The maximum absolute atomic E-state index is 11.8. The Morgan fingerprint density at radius 3 is 2.50 bits per heavy atom. The summed E-state index contributed by atoms with van der Waals surface area (Å²) in [4.78, 5) is 13.6. The fourth-order valence-corrected chi connectivity index (χ4v) is 3.15. The average Bonchev–Trinajstić information content (AvgIpc) is 2.82. The molecule has 18 heavy (non-hydrogen) atoms. The first kappa shape index (κ1) is 15.6. The van der Waals surface area contributed by atoms with Gasteiger partial charge in [-0.25, -0.2) is 0 Å². The van der Waals surface area contributed by atoms with Gasteiger partial charge in [0.05, 0.1) is 0 Å². The first-order valence-corrected chi connectivity index (χ1v) is 8.26. The van der Waals surface area contributed by atoms with E-state index in [9.17, 15) is 9.00 Å². The van der Waals surface area contributed by atoms with Gasteiger partial charge >= 0.3 is 0 Å². The highest BCUT2D eigenvalue weighted by atomic mass is 32.2. The van der Waals surface area contributed by atoms with Crippen LogP contribution in [0.15, 0.2) is 0 Å². The monoisotopic (exact) mass is 274 g/mol. The molecule has 1 atom stereocenters. The molecule has 1 saturated heterocycles. The fraction of sp³-hybridized carbons (Fsp3) is 0.923. The molecule has 1 aliphatic heterocycles. The predicted molar refractivity (Wildman–Crippen MR) is 75.8 cm³/mol. The summed E-state index contributed by atoms with van der Waals surface area (Å²) in [5.41, 5.74) is 5.76. The van der Waals surface area contributed by atoms with E-state index in [2.05, 4.69) is 13.8 Å². The van der Waals surface area contributed by atoms with Crippen LogP contribution in [-0.4, -0.2) is 46.2 Å². The van der Waals surface area contributed by atoms with Crippen molar-refractivity contribution in [2.45, 2.75) is 39.5 Å². The number of likely N-dealkylation sites (tertiary alicyclic amines) is 1. The van der Waals surface area contributed by atoms with Crippen molar-refractivity contribution in [3.63, 3.8) is 0 Å². The molecule has 4 nitrogen and oxygen atoms in total. The molecule has 1 unspecified atom stereocenters. The molecular formula is C13H26N2O2S. The molecule has 1 aliphatic rings. The highest BCUT2D eigenvalue weighted by Gasteiger charge is 2.20. The molecule has 0 saturated carbocycles. The lowest BCUT2D eigenvalue weighted by Crippen LogP contribution is -2.32. The fourth-order valence-electron chi connectivity index (χ4n) is 2.08. The van der Waals surface area contributed by atoms with Crippen LogP contribution in [0.1, 0.15) is 39.5 Å². The van der Waals surface area contributed by atoms with Gasteiger partial charge in [-0.15, -0.1) is 0 Å². The van der Waals surface area contributed by atoms with Gasteiger partial charge in [-0.1, -0.05) is 13.8 Å². The number of carbonyl (C=O) groups is 1. The number of carbonyl (C=O) groups excluding carboxylic acids is 1. The highest BCUT2D eigenvalue weighted by Crippen LogP contribution is 2.20. The summed E-state index contributed by atoms with van der Waals surface area (Å²) in [6, 6.07) is 0. The third-order valence-corrected chi connectivity index (χ3v) is 4.83. The van der Waals surface area contributed by atoms with Crippen molar-refractivity contribution in [3.05, 3.63) is 0 Å².